The first-order valence-corrected chi connectivity index (χ1v) is 8.82. The van der Waals surface area contributed by atoms with Crippen LogP contribution in [0.5, 0.6) is 0 Å². The number of nitrogens with one attached hydrogen (secondary N) is 1. The maximum atomic E-state index is 12.3. The molecule has 1 aliphatic carbocycles. The number of hydrogen-bond acceptors (Lipinski definition) is 4. The number of aromatic nitrogens is 1. The van der Waals surface area contributed by atoms with E-state index in [1.807, 2.05) is 35.2 Å². The molecule has 6 nitrogen and oxygen atoms in total. The number of amides is 2. The van der Waals surface area contributed by atoms with Crippen molar-refractivity contribution in [1.29, 1.82) is 0 Å². The lowest BCUT2D eigenvalue weighted by Gasteiger charge is -2.31. The molecule has 130 valence electrons. The Morgan fingerprint density at radius 3 is 2.72 bits per heavy atom. The van der Waals surface area contributed by atoms with Crippen molar-refractivity contribution in [2.75, 3.05) is 18.4 Å². The van der Waals surface area contributed by atoms with E-state index in [9.17, 15) is 9.59 Å². The summed E-state index contributed by atoms with van der Waals surface area (Å²) in [6, 6.07) is 11.0. The molecule has 2 amide bonds. The van der Waals surface area contributed by atoms with Gasteiger partial charge in [-0.2, -0.15) is 0 Å². The normalized spacial score (nSPS) is 20.3. The van der Waals surface area contributed by atoms with Crippen molar-refractivity contribution in [2.24, 2.45) is 5.92 Å². The van der Waals surface area contributed by atoms with E-state index in [-0.39, 0.29) is 29.3 Å². The largest absolute Gasteiger partial charge is 0.360 e. The van der Waals surface area contributed by atoms with Crippen molar-refractivity contribution in [1.82, 2.24) is 10.1 Å². The molecular weight excluding hydrogens is 318 g/mol. The van der Waals surface area contributed by atoms with Gasteiger partial charge in [0.15, 0.2) is 5.69 Å². The number of anilines is 1. The van der Waals surface area contributed by atoms with E-state index in [1.165, 1.54) is 0 Å². The molecule has 1 N–H and O–H groups in total. The molecule has 1 aliphatic heterocycles. The van der Waals surface area contributed by atoms with Crippen LogP contribution >= 0.6 is 0 Å². The predicted octanol–water partition coefficient (Wildman–Crippen LogP) is 3.04. The van der Waals surface area contributed by atoms with Crippen LogP contribution in [-0.4, -0.2) is 35.0 Å². The highest BCUT2D eigenvalue weighted by atomic mass is 16.5. The van der Waals surface area contributed by atoms with Crippen molar-refractivity contribution in [3.05, 3.63) is 47.9 Å². The smallest absolute Gasteiger partial charge is 0.277 e. The highest BCUT2D eigenvalue weighted by Crippen LogP contribution is 2.34. The van der Waals surface area contributed by atoms with Crippen molar-refractivity contribution in [2.45, 2.75) is 31.6 Å². The van der Waals surface area contributed by atoms with Crippen LogP contribution in [0.15, 0.2) is 40.9 Å². The molecule has 0 bridgehead atoms. The van der Waals surface area contributed by atoms with E-state index >= 15 is 0 Å². The first-order chi connectivity index (χ1) is 12.2. The van der Waals surface area contributed by atoms with Crippen LogP contribution in [0.3, 0.4) is 0 Å². The lowest BCUT2D eigenvalue weighted by molar-refractivity contribution is -0.133. The maximum absolute atomic E-state index is 12.3. The van der Waals surface area contributed by atoms with E-state index < -0.39 is 0 Å². The molecule has 1 atom stereocenters. The van der Waals surface area contributed by atoms with Gasteiger partial charge in [0.25, 0.3) is 5.91 Å². The van der Waals surface area contributed by atoms with Gasteiger partial charge in [0.2, 0.25) is 5.91 Å². The van der Waals surface area contributed by atoms with Crippen LogP contribution in [0.1, 0.15) is 47.8 Å². The summed E-state index contributed by atoms with van der Waals surface area (Å²) in [5.41, 5.74) is 0.986. The zero-order chi connectivity index (χ0) is 17.2. The topological polar surface area (TPSA) is 75.4 Å². The van der Waals surface area contributed by atoms with Gasteiger partial charge in [-0.15, -0.1) is 0 Å². The summed E-state index contributed by atoms with van der Waals surface area (Å²) in [7, 11) is 0. The summed E-state index contributed by atoms with van der Waals surface area (Å²) in [5, 5.41) is 6.71. The van der Waals surface area contributed by atoms with E-state index in [4.69, 9.17) is 4.52 Å². The van der Waals surface area contributed by atoms with Crippen molar-refractivity contribution in [3.8, 4) is 0 Å². The fraction of sp³-hybridized carbons (Fsp3) is 0.421. The standard InChI is InChI=1S/C19H21N3O3/c23-18(20-15-6-2-1-3-7-15)16-11-17(25-21-16)14-5-4-10-22(12-14)19(24)13-8-9-13/h1-3,6-7,11,13-14H,4-5,8-10,12H2,(H,20,23). The van der Waals surface area contributed by atoms with Crippen molar-refractivity contribution in [3.63, 3.8) is 0 Å². The van der Waals surface area contributed by atoms with Gasteiger partial charge in [0, 0.05) is 36.7 Å². The fourth-order valence-electron chi connectivity index (χ4n) is 3.30. The van der Waals surface area contributed by atoms with Gasteiger partial charge in [0.05, 0.1) is 0 Å². The third kappa shape index (κ3) is 3.57. The minimum atomic E-state index is -0.289. The first kappa shape index (κ1) is 15.9. The molecule has 2 heterocycles. The van der Waals surface area contributed by atoms with Crippen molar-refractivity contribution < 1.29 is 14.1 Å². The number of para-hydroxylation sites is 1. The van der Waals surface area contributed by atoms with Crippen LogP contribution in [0.25, 0.3) is 0 Å². The Morgan fingerprint density at radius 2 is 1.96 bits per heavy atom. The molecule has 4 rings (SSSR count). The number of carbonyl (C=O) groups excluding carboxylic acids is 2. The van der Waals surface area contributed by atoms with E-state index in [1.54, 1.807) is 6.07 Å². The van der Waals surface area contributed by atoms with Crippen LogP contribution in [0, 0.1) is 5.92 Å². The molecule has 1 unspecified atom stereocenters. The molecule has 0 radical (unpaired) electrons. The van der Waals surface area contributed by atoms with Crippen LogP contribution in [-0.2, 0) is 4.79 Å². The summed E-state index contributed by atoms with van der Waals surface area (Å²) in [6.07, 6.45) is 3.94. The number of hydrogen-bond donors (Lipinski definition) is 1. The number of carbonyl (C=O) groups is 2. The van der Waals surface area contributed by atoms with Gasteiger partial charge >= 0.3 is 0 Å². The summed E-state index contributed by atoms with van der Waals surface area (Å²) in [4.78, 5) is 26.5. The second-order valence-corrected chi connectivity index (χ2v) is 6.83. The summed E-state index contributed by atoms with van der Waals surface area (Å²) in [5.74, 6) is 1.02. The monoisotopic (exact) mass is 339 g/mol. The Labute approximate surface area is 146 Å². The summed E-state index contributed by atoms with van der Waals surface area (Å²) in [6.45, 7) is 1.48. The van der Waals surface area contributed by atoms with Gasteiger partial charge in [-0.3, -0.25) is 9.59 Å². The minimum absolute atomic E-state index is 0.113. The summed E-state index contributed by atoms with van der Waals surface area (Å²) >= 11 is 0. The number of benzene rings is 1. The Morgan fingerprint density at radius 1 is 1.16 bits per heavy atom. The quantitative estimate of drug-likeness (QED) is 0.929. The Hall–Kier alpha value is -2.63. The molecule has 25 heavy (non-hydrogen) atoms. The molecular formula is C19H21N3O3. The maximum Gasteiger partial charge on any atom is 0.277 e. The second kappa shape index (κ2) is 6.70. The Bertz CT molecular complexity index is 767. The second-order valence-electron chi connectivity index (χ2n) is 6.83. The van der Waals surface area contributed by atoms with Crippen LogP contribution in [0.2, 0.25) is 0 Å². The molecule has 1 aromatic carbocycles. The molecule has 0 spiro atoms. The average molecular weight is 339 g/mol. The molecule has 1 aromatic heterocycles. The molecule has 2 fully saturated rings. The van der Waals surface area contributed by atoms with E-state index in [0.29, 0.717) is 12.3 Å². The van der Waals surface area contributed by atoms with Gasteiger partial charge < -0.3 is 14.7 Å². The highest BCUT2D eigenvalue weighted by Gasteiger charge is 2.36. The van der Waals surface area contributed by atoms with Crippen LogP contribution in [0.4, 0.5) is 5.69 Å². The Balaban J connectivity index is 1.41. The number of rotatable bonds is 4. The van der Waals surface area contributed by atoms with Gasteiger partial charge in [-0.25, -0.2) is 0 Å². The number of piperidine rings is 1. The zero-order valence-electron chi connectivity index (χ0n) is 14.0. The van der Waals surface area contributed by atoms with Crippen molar-refractivity contribution >= 4 is 17.5 Å². The van der Waals surface area contributed by atoms with E-state index in [0.717, 1.165) is 37.9 Å². The number of likely N-dealkylation sites (tertiary alicyclic amines) is 1. The number of nitrogens with zero attached hydrogens (tertiary/aromatic N) is 2. The van der Waals surface area contributed by atoms with Crippen LogP contribution < -0.4 is 5.32 Å². The predicted molar refractivity (Wildman–Crippen MR) is 92.2 cm³/mol. The van der Waals surface area contributed by atoms with Gasteiger partial charge in [-0.1, -0.05) is 23.4 Å². The molecule has 2 aliphatic rings. The van der Waals surface area contributed by atoms with Gasteiger partial charge in [0.1, 0.15) is 5.76 Å². The average Bonchev–Trinajstić information content (AvgIpc) is 3.38. The van der Waals surface area contributed by atoms with E-state index in [2.05, 4.69) is 10.5 Å². The first-order valence-electron chi connectivity index (χ1n) is 8.82. The lowest BCUT2D eigenvalue weighted by Crippen LogP contribution is -2.39. The molecule has 1 saturated carbocycles. The molecule has 2 aromatic rings. The third-order valence-corrected chi connectivity index (χ3v) is 4.85. The third-order valence-electron chi connectivity index (χ3n) is 4.85. The van der Waals surface area contributed by atoms with Gasteiger partial charge in [-0.05, 0) is 37.8 Å². The highest BCUT2D eigenvalue weighted by molar-refractivity contribution is 6.02. The Kier molecular flexibility index (Phi) is 4.26. The summed E-state index contributed by atoms with van der Waals surface area (Å²) < 4.78 is 5.42. The minimum Gasteiger partial charge on any atom is -0.360 e. The SMILES string of the molecule is O=C(Nc1ccccc1)c1cc(C2CCCN(C(=O)C3CC3)C2)on1. The zero-order valence-corrected chi connectivity index (χ0v) is 14.0. The fourth-order valence-corrected chi connectivity index (χ4v) is 3.30. The lowest BCUT2D eigenvalue weighted by atomic mass is 9.95. The molecule has 6 heteroatoms. The molecule has 1 saturated heterocycles.